The number of aliphatic hydroxyl groups excluding tert-OH is 1. The van der Waals surface area contributed by atoms with Gasteiger partial charge in [0, 0.05) is 29.1 Å². The molecule has 0 saturated carbocycles. The van der Waals surface area contributed by atoms with E-state index in [1.165, 1.54) is 0 Å². The van der Waals surface area contributed by atoms with Gasteiger partial charge in [0.1, 0.15) is 12.4 Å². The Morgan fingerprint density at radius 3 is 2.74 bits per heavy atom. The van der Waals surface area contributed by atoms with Gasteiger partial charge in [-0.2, -0.15) is 0 Å². The number of hydrogen-bond acceptors (Lipinski definition) is 4. The molecule has 1 heterocycles. The predicted molar refractivity (Wildman–Crippen MR) is 78.3 cm³/mol. The molecule has 0 amide bonds. The van der Waals surface area contributed by atoms with Crippen LogP contribution in [0.25, 0.3) is 0 Å². The summed E-state index contributed by atoms with van der Waals surface area (Å²) in [4.78, 5) is 3.95. The lowest BCUT2D eigenvalue weighted by Crippen LogP contribution is -2.11. The van der Waals surface area contributed by atoms with Crippen LogP contribution in [0.3, 0.4) is 0 Å². The molecule has 0 unspecified atom stereocenters. The number of aliphatic hydroxyl groups is 1. The zero-order valence-electron chi connectivity index (χ0n) is 10.3. The molecule has 0 aliphatic rings. The number of nitrogens with one attached hydrogen (secondary N) is 1. The summed E-state index contributed by atoms with van der Waals surface area (Å²) in [7, 11) is 0. The molecule has 19 heavy (non-hydrogen) atoms. The Labute approximate surface area is 120 Å². The van der Waals surface area contributed by atoms with E-state index in [1.807, 2.05) is 30.3 Å². The van der Waals surface area contributed by atoms with Crippen LogP contribution in [0.15, 0.2) is 47.2 Å². The van der Waals surface area contributed by atoms with E-state index in [0.29, 0.717) is 13.2 Å². The largest absolute Gasteiger partial charge is 0.492 e. The molecule has 1 aromatic heterocycles. The molecule has 2 rings (SSSR count). The van der Waals surface area contributed by atoms with Crippen LogP contribution in [0.4, 0.5) is 5.69 Å². The monoisotopic (exact) mass is 322 g/mol. The van der Waals surface area contributed by atoms with Gasteiger partial charge in [-0.25, -0.2) is 0 Å². The summed E-state index contributed by atoms with van der Waals surface area (Å²) in [6.07, 6.45) is 3.48. The molecule has 1 aromatic carbocycles. The van der Waals surface area contributed by atoms with Crippen molar-refractivity contribution in [2.24, 2.45) is 0 Å². The number of rotatable bonds is 6. The van der Waals surface area contributed by atoms with E-state index in [-0.39, 0.29) is 6.61 Å². The molecule has 2 aromatic rings. The number of hydrogen-bond donors (Lipinski definition) is 2. The van der Waals surface area contributed by atoms with E-state index in [4.69, 9.17) is 9.84 Å². The van der Waals surface area contributed by atoms with Crippen LogP contribution in [0.5, 0.6) is 5.75 Å². The minimum Gasteiger partial charge on any atom is -0.492 e. The average molecular weight is 323 g/mol. The Balaban J connectivity index is 1.81. The summed E-state index contributed by atoms with van der Waals surface area (Å²) in [5.74, 6) is 0.745. The van der Waals surface area contributed by atoms with Gasteiger partial charge in [-0.1, -0.05) is 15.9 Å². The Bertz CT molecular complexity index is 520. The number of pyridine rings is 1. The first kappa shape index (κ1) is 13.8. The van der Waals surface area contributed by atoms with Crippen LogP contribution in [0.2, 0.25) is 0 Å². The SMILES string of the molecule is OCc1cc(Br)cc(OCCNc2ccncc2)c1. The molecule has 4 nitrogen and oxygen atoms in total. The Morgan fingerprint density at radius 1 is 1.21 bits per heavy atom. The smallest absolute Gasteiger partial charge is 0.120 e. The Hall–Kier alpha value is -1.59. The first-order valence-electron chi connectivity index (χ1n) is 5.95. The standard InChI is InChI=1S/C14H15BrN2O2/c15-12-7-11(10-18)8-14(9-12)19-6-5-17-13-1-3-16-4-2-13/h1-4,7-9,18H,5-6,10H2,(H,16,17). The number of aromatic nitrogens is 1. The highest BCUT2D eigenvalue weighted by Gasteiger charge is 2.00. The summed E-state index contributed by atoms with van der Waals surface area (Å²) >= 11 is 3.39. The maximum absolute atomic E-state index is 9.11. The van der Waals surface area contributed by atoms with Crippen molar-refractivity contribution in [1.82, 2.24) is 4.98 Å². The number of ether oxygens (including phenoxy) is 1. The van der Waals surface area contributed by atoms with Gasteiger partial charge in [-0.05, 0) is 35.9 Å². The predicted octanol–water partition coefficient (Wildman–Crippen LogP) is 2.83. The van der Waals surface area contributed by atoms with Gasteiger partial charge in [0.15, 0.2) is 0 Å². The van der Waals surface area contributed by atoms with Crippen LogP contribution in [-0.4, -0.2) is 23.2 Å². The lowest BCUT2D eigenvalue weighted by Gasteiger charge is -2.10. The molecule has 0 aliphatic carbocycles. The zero-order valence-corrected chi connectivity index (χ0v) is 11.9. The molecule has 5 heteroatoms. The van der Waals surface area contributed by atoms with Crippen molar-refractivity contribution in [3.63, 3.8) is 0 Å². The fraction of sp³-hybridized carbons (Fsp3) is 0.214. The van der Waals surface area contributed by atoms with Gasteiger partial charge in [0.05, 0.1) is 6.61 Å². The Morgan fingerprint density at radius 2 is 2.00 bits per heavy atom. The fourth-order valence-electron chi connectivity index (χ4n) is 1.63. The molecular weight excluding hydrogens is 308 g/mol. The highest BCUT2D eigenvalue weighted by atomic mass is 79.9. The van der Waals surface area contributed by atoms with E-state index >= 15 is 0 Å². The minimum atomic E-state index is 0.00503. The van der Waals surface area contributed by atoms with Gasteiger partial charge in [-0.15, -0.1) is 0 Å². The maximum Gasteiger partial charge on any atom is 0.120 e. The minimum absolute atomic E-state index is 0.00503. The first-order chi connectivity index (χ1) is 9.28. The van der Waals surface area contributed by atoms with Gasteiger partial charge < -0.3 is 15.2 Å². The molecular formula is C14H15BrN2O2. The van der Waals surface area contributed by atoms with Crippen LogP contribution >= 0.6 is 15.9 Å². The van der Waals surface area contributed by atoms with Crippen molar-refractivity contribution in [2.45, 2.75) is 6.61 Å². The summed E-state index contributed by atoms with van der Waals surface area (Å²) in [6, 6.07) is 9.39. The lowest BCUT2D eigenvalue weighted by atomic mass is 10.2. The second-order valence-corrected chi connectivity index (χ2v) is 4.88. The first-order valence-corrected chi connectivity index (χ1v) is 6.74. The molecule has 0 bridgehead atoms. The molecule has 0 fully saturated rings. The van der Waals surface area contributed by atoms with E-state index < -0.39 is 0 Å². The van der Waals surface area contributed by atoms with E-state index in [0.717, 1.165) is 21.5 Å². The van der Waals surface area contributed by atoms with Crippen LogP contribution in [0, 0.1) is 0 Å². The third kappa shape index (κ3) is 4.54. The summed E-state index contributed by atoms with van der Waals surface area (Å²) in [5, 5.41) is 12.3. The average Bonchev–Trinajstić information content (AvgIpc) is 2.44. The lowest BCUT2D eigenvalue weighted by molar-refractivity contribution is 0.279. The number of nitrogens with zero attached hydrogens (tertiary/aromatic N) is 1. The van der Waals surface area contributed by atoms with Crippen molar-refractivity contribution < 1.29 is 9.84 Å². The van der Waals surface area contributed by atoms with Gasteiger partial charge in [0.2, 0.25) is 0 Å². The third-order valence-electron chi connectivity index (χ3n) is 2.49. The molecule has 2 N–H and O–H groups in total. The van der Waals surface area contributed by atoms with Crippen molar-refractivity contribution in [3.05, 3.63) is 52.8 Å². The fourth-order valence-corrected chi connectivity index (χ4v) is 2.15. The van der Waals surface area contributed by atoms with Crippen molar-refractivity contribution in [2.75, 3.05) is 18.5 Å². The molecule has 0 radical (unpaired) electrons. The van der Waals surface area contributed by atoms with Crippen LogP contribution in [0.1, 0.15) is 5.56 Å². The second-order valence-electron chi connectivity index (χ2n) is 3.96. The summed E-state index contributed by atoms with van der Waals surface area (Å²) in [5.41, 5.74) is 1.84. The molecule has 100 valence electrons. The van der Waals surface area contributed by atoms with E-state index in [2.05, 4.69) is 26.2 Å². The number of benzene rings is 1. The van der Waals surface area contributed by atoms with Gasteiger partial charge in [0.25, 0.3) is 0 Å². The van der Waals surface area contributed by atoms with Crippen LogP contribution < -0.4 is 10.1 Å². The molecule has 0 saturated heterocycles. The van der Waals surface area contributed by atoms with E-state index in [9.17, 15) is 0 Å². The van der Waals surface area contributed by atoms with Crippen molar-refractivity contribution in [3.8, 4) is 5.75 Å². The van der Waals surface area contributed by atoms with Gasteiger partial charge in [-0.3, -0.25) is 4.98 Å². The quantitative estimate of drug-likeness (QED) is 0.803. The number of anilines is 1. The van der Waals surface area contributed by atoms with E-state index in [1.54, 1.807) is 12.4 Å². The number of halogens is 1. The topological polar surface area (TPSA) is 54.4 Å². The van der Waals surface area contributed by atoms with Crippen LogP contribution in [-0.2, 0) is 6.61 Å². The second kappa shape index (κ2) is 7.11. The normalized spacial score (nSPS) is 10.2. The highest BCUT2D eigenvalue weighted by molar-refractivity contribution is 9.10. The van der Waals surface area contributed by atoms with Gasteiger partial charge >= 0.3 is 0 Å². The molecule has 0 aliphatic heterocycles. The van der Waals surface area contributed by atoms with Crippen molar-refractivity contribution in [1.29, 1.82) is 0 Å². The maximum atomic E-state index is 9.11. The Kier molecular flexibility index (Phi) is 5.18. The summed E-state index contributed by atoms with van der Waals surface area (Å²) in [6.45, 7) is 1.25. The summed E-state index contributed by atoms with van der Waals surface area (Å²) < 4.78 is 6.53. The van der Waals surface area contributed by atoms with Crippen molar-refractivity contribution >= 4 is 21.6 Å². The highest BCUT2D eigenvalue weighted by Crippen LogP contribution is 2.21. The third-order valence-corrected chi connectivity index (χ3v) is 2.95. The molecule has 0 spiro atoms. The zero-order chi connectivity index (χ0) is 13.5. The molecule has 0 atom stereocenters.